The number of hydrogen-bond acceptors (Lipinski definition) is 4. The first-order valence-electron chi connectivity index (χ1n) is 11.9. The largest absolute Gasteiger partial charge is 0.358 e. The monoisotopic (exact) mass is 454 g/mol. The average Bonchev–Trinajstić information content (AvgIpc) is 3.44. The van der Waals surface area contributed by atoms with Crippen molar-refractivity contribution in [3.63, 3.8) is 0 Å². The number of nitrogens with one attached hydrogen (secondary N) is 2. The third-order valence-electron chi connectivity index (χ3n) is 7.05. The van der Waals surface area contributed by atoms with Crippen molar-refractivity contribution in [3.8, 4) is 17.3 Å². The number of H-pyrrole nitrogens is 1. The molecule has 5 rings (SSSR count). The number of fused-ring (bicyclic) bond motifs is 2. The summed E-state index contributed by atoms with van der Waals surface area (Å²) >= 11 is 0. The third-order valence-corrected chi connectivity index (χ3v) is 7.05. The fourth-order valence-corrected chi connectivity index (χ4v) is 5.23. The number of rotatable bonds is 5. The number of likely N-dealkylation sites (N-methyl/N-ethyl adjacent to an activating group) is 1. The molecule has 4 aromatic rings. The van der Waals surface area contributed by atoms with E-state index in [-0.39, 0.29) is 5.91 Å². The maximum absolute atomic E-state index is 11.7. The minimum atomic E-state index is 0.0806. The van der Waals surface area contributed by atoms with Gasteiger partial charge in [0.1, 0.15) is 17.4 Å². The number of aromatic nitrogens is 3. The summed E-state index contributed by atoms with van der Waals surface area (Å²) in [6, 6.07) is 13.1. The van der Waals surface area contributed by atoms with Crippen LogP contribution in [0.15, 0.2) is 42.7 Å². The molecule has 0 saturated carbocycles. The molecule has 34 heavy (non-hydrogen) atoms. The van der Waals surface area contributed by atoms with E-state index in [1.165, 1.54) is 16.5 Å². The molecule has 0 radical (unpaired) electrons. The van der Waals surface area contributed by atoms with Crippen LogP contribution in [0.1, 0.15) is 55.3 Å². The lowest BCUT2D eigenvalue weighted by Gasteiger charge is -2.31. The van der Waals surface area contributed by atoms with Crippen LogP contribution in [-0.4, -0.2) is 51.9 Å². The zero-order valence-electron chi connectivity index (χ0n) is 19.9. The Bertz CT molecular complexity index is 1400. The van der Waals surface area contributed by atoms with E-state index in [1.54, 1.807) is 13.2 Å². The van der Waals surface area contributed by atoms with Crippen molar-refractivity contribution >= 4 is 22.5 Å². The van der Waals surface area contributed by atoms with Gasteiger partial charge in [-0.2, -0.15) is 5.26 Å². The van der Waals surface area contributed by atoms with Gasteiger partial charge in [0.2, 0.25) is 5.91 Å². The molecular formula is C27H30N6O. The summed E-state index contributed by atoms with van der Waals surface area (Å²) in [5, 5.41) is 13.4. The Kier molecular flexibility index (Phi) is 5.84. The normalized spacial score (nSPS) is 15.3. The molecule has 174 valence electrons. The van der Waals surface area contributed by atoms with Crippen LogP contribution in [0.2, 0.25) is 0 Å². The molecule has 7 nitrogen and oxygen atoms in total. The molecule has 4 heterocycles. The molecule has 0 spiro atoms. The first kappa shape index (κ1) is 22.2. The highest BCUT2D eigenvalue weighted by atomic mass is 16.1. The Morgan fingerprint density at radius 1 is 1.26 bits per heavy atom. The van der Waals surface area contributed by atoms with Crippen LogP contribution >= 0.6 is 0 Å². The highest BCUT2D eigenvalue weighted by Crippen LogP contribution is 2.38. The number of hydrogen-bond donors (Lipinski definition) is 2. The average molecular weight is 455 g/mol. The molecule has 2 N–H and O–H groups in total. The highest BCUT2D eigenvalue weighted by Gasteiger charge is 2.23. The van der Waals surface area contributed by atoms with E-state index < -0.39 is 0 Å². The maximum Gasteiger partial charge on any atom is 0.233 e. The Balaban J connectivity index is 1.49. The molecule has 0 aliphatic carbocycles. The van der Waals surface area contributed by atoms with Crippen LogP contribution in [0.5, 0.6) is 0 Å². The molecule has 0 bridgehead atoms. The Hall–Kier alpha value is -3.63. The van der Waals surface area contributed by atoms with Crippen LogP contribution in [-0.2, 0) is 4.79 Å². The first-order chi connectivity index (χ1) is 16.5. The minimum Gasteiger partial charge on any atom is -0.358 e. The lowest BCUT2D eigenvalue weighted by atomic mass is 9.87. The fraction of sp³-hybridized carbons (Fsp3) is 0.370. The SMILES string of the molecule is CNC(=O)CN1CCC(c2ccc3[nH]c(-c4ccc5ncc(C#N)n5c4)c(C(C)C)c3c2)CC1. The summed E-state index contributed by atoms with van der Waals surface area (Å²) in [7, 11) is 1.69. The second-order valence-electron chi connectivity index (χ2n) is 9.50. The van der Waals surface area contributed by atoms with Gasteiger partial charge in [0.25, 0.3) is 0 Å². The second-order valence-corrected chi connectivity index (χ2v) is 9.50. The van der Waals surface area contributed by atoms with Gasteiger partial charge in [-0.05, 0) is 73.2 Å². The van der Waals surface area contributed by atoms with Gasteiger partial charge in [-0.3, -0.25) is 14.1 Å². The smallest absolute Gasteiger partial charge is 0.233 e. The lowest BCUT2D eigenvalue weighted by Crippen LogP contribution is -2.40. The van der Waals surface area contributed by atoms with E-state index in [0.717, 1.165) is 48.4 Å². The first-order valence-corrected chi connectivity index (χ1v) is 11.9. The molecule has 0 unspecified atom stereocenters. The predicted octanol–water partition coefficient (Wildman–Crippen LogP) is 4.40. The van der Waals surface area contributed by atoms with Gasteiger partial charge in [-0.1, -0.05) is 19.9 Å². The highest BCUT2D eigenvalue weighted by molar-refractivity contribution is 5.92. The number of nitrogens with zero attached hydrogens (tertiary/aromatic N) is 4. The van der Waals surface area contributed by atoms with Gasteiger partial charge in [-0.25, -0.2) is 4.98 Å². The molecule has 1 fully saturated rings. The van der Waals surface area contributed by atoms with E-state index in [4.69, 9.17) is 0 Å². The zero-order valence-corrected chi connectivity index (χ0v) is 19.9. The maximum atomic E-state index is 11.7. The fourth-order valence-electron chi connectivity index (χ4n) is 5.23. The van der Waals surface area contributed by atoms with E-state index in [0.29, 0.717) is 24.1 Å². The molecule has 7 heteroatoms. The number of benzene rings is 1. The number of imidazole rings is 1. The zero-order chi connectivity index (χ0) is 23.8. The number of nitriles is 1. The molecule has 0 atom stereocenters. The summed E-state index contributed by atoms with van der Waals surface area (Å²) < 4.78 is 1.85. The third kappa shape index (κ3) is 3.95. The van der Waals surface area contributed by atoms with Gasteiger partial charge in [-0.15, -0.1) is 0 Å². The number of carbonyl (C=O) groups excluding carboxylic acids is 1. The number of likely N-dealkylation sites (tertiary alicyclic amines) is 1. The van der Waals surface area contributed by atoms with Crippen LogP contribution in [0.25, 0.3) is 27.8 Å². The van der Waals surface area contributed by atoms with E-state index in [9.17, 15) is 10.1 Å². The molecule has 1 aliphatic rings. The van der Waals surface area contributed by atoms with Crippen molar-refractivity contribution in [2.75, 3.05) is 26.7 Å². The summed E-state index contributed by atoms with van der Waals surface area (Å²) in [6.45, 7) is 6.82. The summed E-state index contributed by atoms with van der Waals surface area (Å²) in [5.74, 6) is 0.920. The van der Waals surface area contributed by atoms with Crippen molar-refractivity contribution < 1.29 is 4.79 Å². The number of amides is 1. The van der Waals surface area contributed by atoms with Crippen molar-refractivity contribution in [2.45, 2.75) is 38.5 Å². The second kappa shape index (κ2) is 8.96. The Morgan fingerprint density at radius 3 is 2.76 bits per heavy atom. The minimum absolute atomic E-state index is 0.0806. The number of aromatic amines is 1. The summed E-state index contributed by atoms with van der Waals surface area (Å²) in [6.07, 6.45) is 5.73. The van der Waals surface area contributed by atoms with Gasteiger partial charge in [0, 0.05) is 29.7 Å². The van der Waals surface area contributed by atoms with Gasteiger partial charge in [0.05, 0.1) is 18.4 Å². The summed E-state index contributed by atoms with van der Waals surface area (Å²) in [4.78, 5) is 21.9. The topological polar surface area (TPSA) is 89.2 Å². The lowest BCUT2D eigenvalue weighted by molar-refractivity contribution is -0.122. The quantitative estimate of drug-likeness (QED) is 0.468. The predicted molar refractivity (Wildman–Crippen MR) is 134 cm³/mol. The number of carbonyl (C=O) groups is 1. The molecule has 1 aliphatic heterocycles. The van der Waals surface area contributed by atoms with Crippen molar-refractivity contribution in [3.05, 3.63) is 59.5 Å². The van der Waals surface area contributed by atoms with Gasteiger partial charge < -0.3 is 10.3 Å². The van der Waals surface area contributed by atoms with E-state index in [2.05, 4.69) is 64.4 Å². The molecule has 1 saturated heterocycles. The van der Waals surface area contributed by atoms with Crippen LogP contribution in [0, 0.1) is 11.3 Å². The molecule has 1 aromatic carbocycles. The van der Waals surface area contributed by atoms with Crippen LogP contribution in [0.4, 0.5) is 0 Å². The van der Waals surface area contributed by atoms with Gasteiger partial charge in [0.15, 0.2) is 0 Å². The summed E-state index contributed by atoms with van der Waals surface area (Å²) in [5.41, 5.74) is 7.25. The van der Waals surface area contributed by atoms with Crippen molar-refractivity contribution in [1.29, 1.82) is 5.26 Å². The standard InChI is InChI=1S/C27H30N6O/c1-17(2)26-22-12-19(18-8-10-32(11-9-18)16-25(34)29-3)4-6-23(22)31-27(26)20-5-7-24-30-14-21(13-28)33(24)15-20/h4-7,12,14-15,17-18,31H,8-11,16H2,1-3H3,(H,29,34). The molecule has 3 aromatic heterocycles. The van der Waals surface area contributed by atoms with E-state index >= 15 is 0 Å². The molecule has 1 amide bonds. The molecular weight excluding hydrogens is 424 g/mol. The Labute approximate surface area is 199 Å². The van der Waals surface area contributed by atoms with Crippen molar-refractivity contribution in [2.24, 2.45) is 0 Å². The van der Waals surface area contributed by atoms with Crippen molar-refractivity contribution in [1.82, 2.24) is 24.6 Å². The number of pyridine rings is 1. The van der Waals surface area contributed by atoms with E-state index in [1.807, 2.05) is 16.7 Å². The van der Waals surface area contributed by atoms with Crippen LogP contribution < -0.4 is 5.32 Å². The number of piperidine rings is 1. The van der Waals surface area contributed by atoms with Crippen LogP contribution in [0.3, 0.4) is 0 Å². The van der Waals surface area contributed by atoms with Gasteiger partial charge >= 0.3 is 0 Å². The Morgan fingerprint density at radius 2 is 2.06 bits per heavy atom.